The SMILES string of the molecule is Cc1ccccc1C(=O)C(C)C(N)=O. The lowest BCUT2D eigenvalue weighted by Crippen LogP contribution is -2.28. The fourth-order valence-electron chi connectivity index (χ4n) is 1.21. The highest BCUT2D eigenvalue weighted by Crippen LogP contribution is 2.12. The predicted molar refractivity (Wildman–Crippen MR) is 53.9 cm³/mol. The second-order valence-corrected chi connectivity index (χ2v) is 3.30. The monoisotopic (exact) mass is 191 g/mol. The van der Waals surface area contributed by atoms with Crippen molar-refractivity contribution >= 4 is 11.7 Å². The molecule has 74 valence electrons. The molecular weight excluding hydrogens is 178 g/mol. The fraction of sp³-hybridized carbons (Fsp3) is 0.273. The summed E-state index contributed by atoms with van der Waals surface area (Å²) in [6.07, 6.45) is 0. The van der Waals surface area contributed by atoms with Crippen molar-refractivity contribution in [1.29, 1.82) is 0 Å². The molecule has 1 aromatic rings. The summed E-state index contributed by atoms with van der Waals surface area (Å²) < 4.78 is 0. The van der Waals surface area contributed by atoms with Gasteiger partial charge in [0.2, 0.25) is 5.91 Å². The lowest BCUT2D eigenvalue weighted by atomic mass is 9.95. The van der Waals surface area contributed by atoms with Crippen LogP contribution in [-0.2, 0) is 4.79 Å². The van der Waals surface area contributed by atoms with Crippen LogP contribution in [0.25, 0.3) is 0 Å². The van der Waals surface area contributed by atoms with E-state index in [9.17, 15) is 9.59 Å². The average Bonchev–Trinajstić information content (AvgIpc) is 2.16. The van der Waals surface area contributed by atoms with Crippen LogP contribution in [0, 0.1) is 12.8 Å². The van der Waals surface area contributed by atoms with Gasteiger partial charge in [0.1, 0.15) is 0 Å². The summed E-state index contributed by atoms with van der Waals surface area (Å²) in [6, 6.07) is 7.16. The Morgan fingerprint density at radius 1 is 1.29 bits per heavy atom. The van der Waals surface area contributed by atoms with Gasteiger partial charge in [-0.15, -0.1) is 0 Å². The van der Waals surface area contributed by atoms with Gasteiger partial charge in [0.15, 0.2) is 5.78 Å². The standard InChI is InChI=1S/C11H13NO2/c1-7-5-3-4-6-9(7)10(13)8(2)11(12)14/h3-6,8H,1-2H3,(H2,12,14). The highest BCUT2D eigenvalue weighted by Gasteiger charge is 2.20. The molecule has 1 unspecified atom stereocenters. The number of hydrogen-bond donors (Lipinski definition) is 1. The minimum atomic E-state index is -0.754. The molecule has 0 spiro atoms. The molecule has 0 aliphatic rings. The van der Waals surface area contributed by atoms with E-state index in [1.807, 2.05) is 19.1 Å². The Labute approximate surface area is 82.9 Å². The van der Waals surface area contributed by atoms with Crippen molar-refractivity contribution in [2.45, 2.75) is 13.8 Å². The number of hydrogen-bond acceptors (Lipinski definition) is 2. The van der Waals surface area contributed by atoms with Crippen LogP contribution >= 0.6 is 0 Å². The minimum Gasteiger partial charge on any atom is -0.369 e. The van der Waals surface area contributed by atoms with Crippen LogP contribution < -0.4 is 5.73 Å². The molecule has 0 aliphatic carbocycles. The molecule has 0 fully saturated rings. The first kappa shape index (κ1) is 10.4. The summed E-state index contributed by atoms with van der Waals surface area (Å²) in [6.45, 7) is 3.36. The molecule has 0 aliphatic heterocycles. The van der Waals surface area contributed by atoms with Crippen molar-refractivity contribution in [2.24, 2.45) is 11.7 Å². The normalized spacial score (nSPS) is 12.1. The van der Waals surface area contributed by atoms with Gasteiger partial charge in [-0.1, -0.05) is 24.3 Å². The van der Waals surface area contributed by atoms with E-state index in [-0.39, 0.29) is 5.78 Å². The molecule has 0 saturated heterocycles. The van der Waals surface area contributed by atoms with Crippen molar-refractivity contribution < 1.29 is 9.59 Å². The van der Waals surface area contributed by atoms with Crippen molar-refractivity contribution in [2.75, 3.05) is 0 Å². The van der Waals surface area contributed by atoms with E-state index in [1.165, 1.54) is 6.92 Å². The van der Waals surface area contributed by atoms with Crippen molar-refractivity contribution in [1.82, 2.24) is 0 Å². The average molecular weight is 191 g/mol. The maximum absolute atomic E-state index is 11.7. The van der Waals surface area contributed by atoms with Crippen LogP contribution in [0.5, 0.6) is 0 Å². The summed E-state index contributed by atoms with van der Waals surface area (Å²) in [4.78, 5) is 22.5. The Morgan fingerprint density at radius 2 is 1.86 bits per heavy atom. The Balaban J connectivity index is 3.01. The van der Waals surface area contributed by atoms with Crippen LogP contribution in [0.15, 0.2) is 24.3 Å². The van der Waals surface area contributed by atoms with E-state index in [0.717, 1.165) is 5.56 Å². The van der Waals surface area contributed by atoms with Crippen LogP contribution in [0.2, 0.25) is 0 Å². The molecular formula is C11H13NO2. The molecule has 2 N–H and O–H groups in total. The van der Waals surface area contributed by atoms with Gasteiger partial charge in [-0.05, 0) is 19.4 Å². The van der Waals surface area contributed by atoms with Gasteiger partial charge in [-0.3, -0.25) is 9.59 Å². The number of nitrogens with two attached hydrogens (primary N) is 1. The molecule has 1 amide bonds. The van der Waals surface area contributed by atoms with Gasteiger partial charge in [0.05, 0.1) is 5.92 Å². The zero-order chi connectivity index (χ0) is 10.7. The molecule has 1 aromatic carbocycles. The molecule has 0 bridgehead atoms. The molecule has 14 heavy (non-hydrogen) atoms. The summed E-state index contributed by atoms with van der Waals surface area (Å²) in [5, 5.41) is 0. The van der Waals surface area contributed by atoms with Crippen LogP contribution in [0.4, 0.5) is 0 Å². The summed E-state index contributed by atoms with van der Waals surface area (Å²) in [5.74, 6) is -1.55. The molecule has 0 radical (unpaired) electrons. The largest absolute Gasteiger partial charge is 0.369 e. The topological polar surface area (TPSA) is 60.2 Å². The number of amides is 1. The van der Waals surface area contributed by atoms with E-state index < -0.39 is 11.8 Å². The second kappa shape index (κ2) is 4.05. The lowest BCUT2D eigenvalue weighted by molar-refractivity contribution is -0.119. The van der Waals surface area contributed by atoms with Gasteiger partial charge in [0.25, 0.3) is 0 Å². The van der Waals surface area contributed by atoms with Gasteiger partial charge in [-0.25, -0.2) is 0 Å². The minimum absolute atomic E-state index is 0.212. The third kappa shape index (κ3) is 1.99. The number of ketones is 1. The van der Waals surface area contributed by atoms with Gasteiger partial charge < -0.3 is 5.73 Å². The first-order valence-electron chi connectivity index (χ1n) is 4.43. The first-order valence-corrected chi connectivity index (χ1v) is 4.43. The van der Waals surface area contributed by atoms with Gasteiger partial charge in [-0.2, -0.15) is 0 Å². The van der Waals surface area contributed by atoms with E-state index in [1.54, 1.807) is 12.1 Å². The van der Waals surface area contributed by atoms with Crippen LogP contribution in [0.1, 0.15) is 22.8 Å². The number of carbonyl (C=O) groups excluding carboxylic acids is 2. The van der Waals surface area contributed by atoms with Gasteiger partial charge in [0, 0.05) is 5.56 Å². The molecule has 3 heteroatoms. The molecule has 0 saturated carbocycles. The van der Waals surface area contributed by atoms with E-state index in [0.29, 0.717) is 5.56 Å². The predicted octanol–water partition coefficient (Wildman–Crippen LogP) is 1.30. The highest BCUT2D eigenvalue weighted by molar-refractivity contribution is 6.09. The summed E-state index contributed by atoms with van der Waals surface area (Å²) in [7, 11) is 0. The lowest BCUT2D eigenvalue weighted by Gasteiger charge is -2.08. The third-order valence-electron chi connectivity index (χ3n) is 2.23. The Hall–Kier alpha value is -1.64. The van der Waals surface area contributed by atoms with Crippen molar-refractivity contribution in [3.05, 3.63) is 35.4 Å². The van der Waals surface area contributed by atoms with Crippen LogP contribution in [0.3, 0.4) is 0 Å². The second-order valence-electron chi connectivity index (χ2n) is 3.30. The first-order chi connectivity index (χ1) is 6.54. The third-order valence-corrected chi connectivity index (χ3v) is 2.23. The van der Waals surface area contributed by atoms with E-state index in [2.05, 4.69) is 0 Å². The van der Waals surface area contributed by atoms with Crippen molar-refractivity contribution in [3.63, 3.8) is 0 Å². The Kier molecular flexibility index (Phi) is 3.02. The van der Waals surface area contributed by atoms with Crippen molar-refractivity contribution in [3.8, 4) is 0 Å². The summed E-state index contributed by atoms with van der Waals surface area (Å²) >= 11 is 0. The molecule has 0 aromatic heterocycles. The number of aryl methyl sites for hydroxylation is 1. The van der Waals surface area contributed by atoms with E-state index >= 15 is 0 Å². The van der Waals surface area contributed by atoms with Crippen LogP contribution in [-0.4, -0.2) is 11.7 Å². The summed E-state index contributed by atoms with van der Waals surface area (Å²) in [5.41, 5.74) is 6.50. The molecule has 0 heterocycles. The molecule has 1 atom stereocenters. The number of primary amides is 1. The van der Waals surface area contributed by atoms with E-state index in [4.69, 9.17) is 5.73 Å². The number of benzene rings is 1. The smallest absolute Gasteiger partial charge is 0.228 e. The molecule has 3 nitrogen and oxygen atoms in total. The zero-order valence-corrected chi connectivity index (χ0v) is 8.28. The highest BCUT2D eigenvalue weighted by atomic mass is 16.2. The van der Waals surface area contributed by atoms with Gasteiger partial charge >= 0.3 is 0 Å². The maximum Gasteiger partial charge on any atom is 0.228 e. The number of carbonyl (C=O) groups is 2. The maximum atomic E-state index is 11.7. The number of Topliss-reactive ketones (excluding diaryl/α,β-unsaturated/α-hetero) is 1. The quantitative estimate of drug-likeness (QED) is 0.578. The Morgan fingerprint density at radius 3 is 2.36 bits per heavy atom. The fourth-order valence-corrected chi connectivity index (χ4v) is 1.21. The number of rotatable bonds is 3. The zero-order valence-electron chi connectivity index (χ0n) is 8.28. The molecule has 1 rings (SSSR count). The Bertz CT molecular complexity index is 371.